The fourth-order valence-electron chi connectivity index (χ4n) is 1.39. The molecule has 0 atom stereocenters. The first-order chi connectivity index (χ1) is 8.69. The van der Waals surface area contributed by atoms with Crippen LogP contribution < -0.4 is 10.1 Å². The molecule has 1 heterocycles. The van der Waals surface area contributed by atoms with Gasteiger partial charge in [-0.2, -0.15) is 0 Å². The molecule has 0 aliphatic rings. The number of furan rings is 1. The minimum Gasteiger partial charge on any atom is -0.486 e. The number of nitrogens with one attached hydrogen (secondary N) is 1. The second-order valence-corrected chi connectivity index (χ2v) is 3.59. The molecule has 1 amide bonds. The van der Waals surface area contributed by atoms with Crippen molar-refractivity contribution in [2.75, 3.05) is 7.05 Å². The molecule has 1 N–H and O–H groups in total. The third kappa shape index (κ3) is 2.88. The lowest BCUT2D eigenvalue weighted by molar-refractivity contribution is 0.0931. The van der Waals surface area contributed by atoms with Crippen molar-refractivity contribution in [1.82, 2.24) is 5.32 Å². The van der Waals surface area contributed by atoms with Crippen LogP contribution in [0.1, 0.15) is 16.3 Å². The van der Waals surface area contributed by atoms with Crippen LogP contribution in [0, 0.1) is 5.82 Å². The highest BCUT2D eigenvalue weighted by Crippen LogP contribution is 2.15. The van der Waals surface area contributed by atoms with Gasteiger partial charge in [0.2, 0.25) is 0 Å². The van der Waals surface area contributed by atoms with Gasteiger partial charge in [0, 0.05) is 7.05 Å². The predicted octanol–water partition coefficient (Wildman–Crippen LogP) is 2.36. The van der Waals surface area contributed by atoms with Crippen molar-refractivity contribution in [3.05, 3.63) is 53.7 Å². The lowest BCUT2D eigenvalue weighted by atomic mass is 10.3. The Morgan fingerprint density at radius 1 is 1.28 bits per heavy atom. The molecule has 2 rings (SSSR count). The Balaban J connectivity index is 1.96. The van der Waals surface area contributed by atoms with Crippen molar-refractivity contribution in [3.63, 3.8) is 0 Å². The molecule has 4 nitrogen and oxygen atoms in total. The van der Waals surface area contributed by atoms with Gasteiger partial charge in [-0.05, 0) is 36.4 Å². The van der Waals surface area contributed by atoms with Crippen LogP contribution in [0.15, 0.2) is 40.8 Å². The van der Waals surface area contributed by atoms with Crippen LogP contribution in [-0.2, 0) is 6.61 Å². The van der Waals surface area contributed by atoms with Gasteiger partial charge < -0.3 is 14.5 Å². The van der Waals surface area contributed by atoms with E-state index in [0.717, 1.165) is 0 Å². The van der Waals surface area contributed by atoms with Crippen molar-refractivity contribution in [1.29, 1.82) is 0 Å². The Morgan fingerprint density at radius 3 is 2.67 bits per heavy atom. The van der Waals surface area contributed by atoms with Gasteiger partial charge in [0.25, 0.3) is 5.91 Å². The molecular weight excluding hydrogens is 237 g/mol. The minimum atomic E-state index is -0.317. The average molecular weight is 249 g/mol. The SMILES string of the molecule is CNC(=O)c1ccc(COc2ccc(F)cc2)o1. The summed E-state index contributed by atoms with van der Waals surface area (Å²) in [6.07, 6.45) is 0. The monoisotopic (exact) mass is 249 g/mol. The first kappa shape index (κ1) is 12.2. The topological polar surface area (TPSA) is 51.5 Å². The number of hydrogen-bond acceptors (Lipinski definition) is 3. The fraction of sp³-hybridized carbons (Fsp3) is 0.154. The quantitative estimate of drug-likeness (QED) is 0.904. The smallest absolute Gasteiger partial charge is 0.286 e. The molecule has 0 fully saturated rings. The maximum absolute atomic E-state index is 12.7. The summed E-state index contributed by atoms with van der Waals surface area (Å²) in [4.78, 5) is 11.3. The van der Waals surface area contributed by atoms with Crippen LogP contribution >= 0.6 is 0 Å². The molecule has 0 aliphatic heterocycles. The normalized spacial score (nSPS) is 10.1. The average Bonchev–Trinajstić information content (AvgIpc) is 2.86. The zero-order chi connectivity index (χ0) is 13.0. The van der Waals surface area contributed by atoms with Crippen molar-refractivity contribution >= 4 is 5.91 Å². The van der Waals surface area contributed by atoms with E-state index < -0.39 is 0 Å². The van der Waals surface area contributed by atoms with Crippen molar-refractivity contribution < 1.29 is 18.3 Å². The van der Waals surface area contributed by atoms with Gasteiger partial charge in [-0.3, -0.25) is 4.79 Å². The minimum absolute atomic E-state index is 0.183. The van der Waals surface area contributed by atoms with Crippen molar-refractivity contribution in [2.24, 2.45) is 0 Å². The molecule has 1 aromatic carbocycles. The maximum Gasteiger partial charge on any atom is 0.286 e. The highest BCUT2D eigenvalue weighted by Gasteiger charge is 2.09. The standard InChI is InChI=1S/C13H12FNO3/c1-15-13(16)12-7-6-11(18-12)8-17-10-4-2-9(14)3-5-10/h2-7H,8H2,1H3,(H,15,16). The number of carbonyl (C=O) groups excluding carboxylic acids is 1. The summed E-state index contributed by atoms with van der Waals surface area (Å²) in [5.41, 5.74) is 0. The molecule has 0 saturated carbocycles. The van der Waals surface area contributed by atoms with Gasteiger partial charge in [-0.15, -0.1) is 0 Å². The van der Waals surface area contributed by atoms with Gasteiger partial charge in [-0.25, -0.2) is 4.39 Å². The summed E-state index contributed by atoms with van der Waals surface area (Å²) >= 11 is 0. The summed E-state index contributed by atoms with van der Waals surface area (Å²) in [6.45, 7) is 0.183. The first-order valence-electron chi connectivity index (χ1n) is 5.38. The van der Waals surface area contributed by atoms with E-state index >= 15 is 0 Å². The molecule has 0 aliphatic carbocycles. The van der Waals surface area contributed by atoms with Gasteiger partial charge in [-0.1, -0.05) is 0 Å². The third-order valence-corrected chi connectivity index (χ3v) is 2.31. The fourth-order valence-corrected chi connectivity index (χ4v) is 1.39. The molecule has 0 unspecified atom stereocenters. The van der Waals surface area contributed by atoms with Crippen molar-refractivity contribution in [2.45, 2.75) is 6.61 Å². The number of amides is 1. The van der Waals surface area contributed by atoms with Gasteiger partial charge in [0.05, 0.1) is 0 Å². The molecule has 0 bridgehead atoms. The van der Waals surface area contributed by atoms with Crippen LogP contribution in [0.4, 0.5) is 4.39 Å². The zero-order valence-electron chi connectivity index (χ0n) is 9.77. The lowest BCUT2D eigenvalue weighted by Gasteiger charge is -2.03. The third-order valence-electron chi connectivity index (χ3n) is 2.31. The van der Waals surface area contributed by atoms with E-state index in [1.807, 2.05) is 0 Å². The number of hydrogen-bond donors (Lipinski definition) is 1. The van der Waals surface area contributed by atoms with Crippen LogP contribution in [0.2, 0.25) is 0 Å². The summed E-state index contributed by atoms with van der Waals surface area (Å²) in [7, 11) is 1.53. The van der Waals surface area contributed by atoms with Crippen LogP contribution in [-0.4, -0.2) is 13.0 Å². The largest absolute Gasteiger partial charge is 0.486 e. The van der Waals surface area contributed by atoms with E-state index in [4.69, 9.17) is 9.15 Å². The van der Waals surface area contributed by atoms with E-state index in [1.165, 1.54) is 31.3 Å². The Labute approximate surface area is 103 Å². The number of carbonyl (C=O) groups is 1. The Kier molecular flexibility index (Phi) is 3.62. The molecule has 0 saturated heterocycles. The Hall–Kier alpha value is -2.30. The van der Waals surface area contributed by atoms with E-state index in [9.17, 15) is 9.18 Å². The van der Waals surface area contributed by atoms with E-state index in [0.29, 0.717) is 11.5 Å². The maximum atomic E-state index is 12.7. The van der Waals surface area contributed by atoms with Crippen molar-refractivity contribution in [3.8, 4) is 5.75 Å². The summed E-state index contributed by atoms with van der Waals surface area (Å²) in [5.74, 6) is 0.688. The number of ether oxygens (including phenoxy) is 1. The second kappa shape index (κ2) is 5.35. The summed E-state index contributed by atoms with van der Waals surface area (Å²) in [6, 6.07) is 8.91. The molecule has 2 aromatic rings. The highest BCUT2D eigenvalue weighted by atomic mass is 19.1. The summed E-state index contributed by atoms with van der Waals surface area (Å²) < 4.78 is 23.3. The van der Waals surface area contributed by atoms with E-state index in [1.54, 1.807) is 12.1 Å². The van der Waals surface area contributed by atoms with E-state index in [-0.39, 0.29) is 24.1 Å². The van der Waals surface area contributed by atoms with E-state index in [2.05, 4.69) is 5.32 Å². The van der Waals surface area contributed by atoms with Gasteiger partial charge in [0.15, 0.2) is 5.76 Å². The Morgan fingerprint density at radius 2 is 2.00 bits per heavy atom. The number of halogens is 1. The first-order valence-corrected chi connectivity index (χ1v) is 5.38. The van der Waals surface area contributed by atoms with Crippen LogP contribution in [0.5, 0.6) is 5.75 Å². The molecule has 94 valence electrons. The molecule has 18 heavy (non-hydrogen) atoms. The second-order valence-electron chi connectivity index (χ2n) is 3.59. The molecule has 0 spiro atoms. The zero-order valence-corrected chi connectivity index (χ0v) is 9.77. The molecule has 5 heteroatoms. The van der Waals surface area contributed by atoms with Crippen LogP contribution in [0.3, 0.4) is 0 Å². The van der Waals surface area contributed by atoms with Gasteiger partial charge >= 0.3 is 0 Å². The summed E-state index contributed by atoms with van der Waals surface area (Å²) in [5, 5.41) is 2.46. The van der Waals surface area contributed by atoms with Crippen LogP contribution in [0.25, 0.3) is 0 Å². The highest BCUT2D eigenvalue weighted by molar-refractivity contribution is 5.91. The molecular formula is C13H12FNO3. The Bertz CT molecular complexity index is 533. The molecule has 1 aromatic heterocycles. The van der Waals surface area contributed by atoms with Gasteiger partial charge in [0.1, 0.15) is 23.9 Å². The number of benzene rings is 1. The molecule has 0 radical (unpaired) electrons. The predicted molar refractivity (Wildman–Crippen MR) is 62.8 cm³/mol. The lowest BCUT2D eigenvalue weighted by Crippen LogP contribution is -2.16. The number of rotatable bonds is 4.